The van der Waals surface area contributed by atoms with E-state index in [1.807, 2.05) is 25.1 Å². The van der Waals surface area contributed by atoms with Crippen LogP contribution >= 0.6 is 0 Å². The molecule has 1 aromatic rings. The SMILES string of the molecule is CC(N)C1(CCO)CCOc2ccccc21. The standard InChI is InChI=1S/C13H19NO2/c1-10(14)13(6-8-15)7-9-16-12-5-3-2-4-11(12)13/h2-5,10,15H,6-9,14H2,1H3. The molecule has 0 saturated carbocycles. The van der Waals surface area contributed by atoms with Gasteiger partial charge in [-0.1, -0.05) is 18.2 Å². The summed E-state index contributed by atoms with van der Waals surface area (Å²) in [4.78, 5) is 0. The third kappa shape index (κ3) is 1.70. The minimum absolute atomic E-state index is 0.0182. The van der Waals surface area contributed by atoms with E-state index >= 15 is 0 Å². The normalized spacial score (nSPS) is 25.7. The first kappa shape index (κ1) is 11.4. The number of para-hydroxylation sites is 1. The Morgan fingerprint density at radius 3 is 2.94 bits per heavy atom. The van der Waals surface area contributed by atoms with Crippen molar-refractivity contribution in [3.05, 3.63) is 29.8 Å². The molecule has 0 amide bonds. The number of nitrogens with two attached hydrogens (primary N) is 1. The van der Waals surface area contributed by atoms with Gasteiger partial charge in [-0.2, -0.15) is 0 Å². The second kappa shape index (κ2) is 4.44. The summed E-state index contributed by atoms with van der Waals surface area (Å²) in [6.07, 6.45) is 1.58. The third-order valence-corrected chi connectivity index (χ3v) is 3.66. The molecule has 1 aliphatic rings. The Kier molecular flexibility index (Phi) is 3.17. The molecular formula is C13H19NO2. The number of aliphatic hydroxyl groups excluding tert-OH is 1. The van der Waals surface area contributed by atoms with Crippen LogP contribution in [0.3, 0.4) is 0 Å². The molecule has 3 heteroatoms. The van der Waals surface area contributed by atoms with Gasteiger partial charge in [0.05, 0.1) is 6.61 Å². The summed E-state index contributed by atoms with van der Waals surface area (Å²) in [5.41, 5.74) is 7.14. The first-order valence-electron chi connectivity index (χ1n) is 5.79. The van der Waals surface area contributed by atoms with E-state index in [1.54, 1.807) is 0 Å². The molecular weight excluding hydrogens is 202 g/mol. The summed E-state index contributed by atoms with van der Waals surface area (Å²) in [7, 11) is 0. The van der Waals surface area contributed by atoms with E-state index in [0.717, 1.165) is 17.7 Å². The first-order chi connectivity index (χ1) is 7.70. The maximum absolute atomic E-state index is 9.26. The molecule has 3 N–H and O–H groups in total. The fourth-order valence-corrected chi connectivity index (χ4v) is 2.64. The highest BCUT2D eigenvalue weighted by Crippen LogP contribution is 2.42. The summed E-state index contributed by atoms with van der Waals surface area (Å²) in [6.45, 7) is 2.85. The molecule has 1 heterocycles. The smallest absolute Gasteiger partial charge is 0.123 e. The van der Waals surface area contributed by atoms with E-state index in [1.165, 1.54) is 0 Å². The van der Waals surface area contributed by atoms with Crippen LogP contribution in [0.25, 0.3) is 0 Å². The lowest BCUT2D eigenvalue weighted by atomic mass is 9.69. The molecule has 0 bridgehead atoms. The monoisotopic (exact) mass is 221 g/mol. The van der Waals surface area contributed by atoms with Crippen molar-refractivity contribution in [2.75, 3.05) is 13.2 Å². The van der Waals surface area contributed by atoms with E-state index in [0.29, 0.717) is 13.0 Å². The molecule has 0 saturated heterocycles. The average molecular weight is 221 g/mol. The van der Waals surface area contributed by atoms with Crippen molar-refractivity contribution < 1.29 is 9.84 Å². The van der Waals surface area contributed by atoms with Gasteiger partial charge < -0.3 is 15.6 Å². The number of ether oxygens (including phenoxy) is 1. The number of aliphatic hydroxyl groups is 1. The Balaban J connectivity index is 2.48. The molecule has 88 valence electrons. The average Bonchev–Trinajstić information content (AvgIpc) is 2.29. The van der Waals surface area contributed by atoms with E-state index in [2.05, 4.69) is 6.07 Å². The van der Waals surface area contributed by atoms with Gasteiger partial charge in [-0.3, -0.25) is 0 Å². The second-order valence-electron chi connectivity index (χ2n) is 4.51. The fourth-order valence-electron chi connectivity index (χ4n) is 2.64. The van der Waals surface area contributed by atoms with Crippen molar-refractivity contribution in [2.24, 2.45) is 5.73 Å². The lowest BCUT2D eigenvalue weighted by molar-refractivity contribution is 0.154. The molecule has 3 nitrogen and oxygen atoms in total. The van der Waals surface area contributed by atoms with Gasteiger partial charge in [-0.25, -0.2) is 0 Å². The molecule has 0 spiro atoms. The van der Waals surface area contributed by atoms with Crippen molar-refractivity contribution in [1.82, 2.24) is 0 Å². The number of benzene rings is 1. The quantitative estimate of drug-likeness (QED) is 0.812. The van der Waals surface area contributed by atoms with Crippen molar-refractivity contribution in [3.63, 3.8) is 0 Å². The van der Waals surface area contributed by atoms with Gasteiger partial charge in [0.1, 0.15) is 5.75 Å². The molecule has 1 aliphatic heterocycles. The molecule has 2 unspecified atom stereocenters. The summed E-state index contributed by atoms with van der Waals surface area (Å²) < 4.78 is 5.64. The predicted molar refractivity (Wildman–Crippen MR) is 63.6 cm³/mol. The molecule has 2 rings (SSSR count). The summed E-state index contributed by atoms with van der Waals surface area (Å²) in [5, 5.41) is 9.26. The topological polar surface area (TPSA) is 55.5 Å². The van der Waals surface area contributed by atoms with Crippen molar-refractivity contribution >= 4 is 0 Å². The van der Waals surface area contributed by atoms with E-state index in [4.69, 9.17) is 10.5 Å². The predicted octanol–water partition coefficient (Wildman–Crippen LogP) is 1.44. The van der Waals surface area contributed by atoms with E-state index in [-0.39, 0.29) is 18.1 Å². The first-order valence-corrected chi connectivity index (χ1v) is 5.79. The van der Waals surface area contributed by atoms with Crippen molar-refractivity contribution in [2.45, 2.75) is 31.2 Å². The Morgan fingerprint density at radius 1 is 1.50 bits per heavy atom. The highest BCUT2D eigenvalue weighted by atomic mass is 16.5. The van der Waals surface area contributed by atoms with Crippen LogP contribution in [-0.2, 0) is 5.41 Å². The van der Waals surface area contributed by atoms with Crippen LogP contribution in [0.2, 0.25) is 0 Å². The Bertz CT molecular complexity index is 365. The number of hydrogen-bond donors (Lipinski definition) is 2. The van der Waals surface area contributed by atoms with Gasteiger partial charge in [0.2, 0.25) is 0 Å². The minimum atomic E-state index is -0.135. The highest BCUT2D eigenvalue weighted by Gasteiger charge is 2.40. The molecule has 2 atom stereocenters. The molecule has 0 aromatic heterocycles. The van der Waals surface area contributed by atoms with Gasteiger partial charge in [0.15, 0.2) is 0 Å². The molecule has 0 aliphatic carbocycles. The molecule has 0 radical (unpaired) electrons. The van der Waals surface area contributed by atoms with Crippen LogP contribution in [0.1, 0.15) is 25.3 Å². The fraction of sp³-hybridized carbons (Fsp3) is 0.538. The van der Waals surface area contributed by atoms with Crippen LogP contribution in [0.5, 0.6) is 5.75 Å². The third-order valence-electron chi connectivity index (χ3n) is 3.66. The zero-order chi connectivity index (χ0) is 11.6. The second-order valence-corrected chi connectivity index (χ2v) is 4.51. The number of hydrogen-bond acceptors (Lipinski definition) is 3. The maximum Gasteiger partial charge on any atom is 0.123 e. The summed E-state index contributed by atoms with van der Waals surface area (Å²) in [6, 6.07) is 8.03. The van der Waals surface area contributed by atoms with E-state index in [9.17, 15) is 5.11 Å². The van der Waals surface area contributed by atoms with Crippen LogP contribution in [0.15, 0.2) is 24.3 Å². The zero-order valence-electron chi connectivity index (χ0n) is 9.65. The van der Waals surface area contributed by atoms with Crippen LogP contribution in [0, 0.1) is 0 Å². The lowest BCUT2D eigenvalue weighted by Crippen LogP contribution is -2.47. The number of rotatable bonds is 3. The highest BCUT2D eigenvalue weighted by molar-refractivity contribution is 5.42. The van der Waals surface area contributed by atoms with Gasteiger partial charge in [0.25, 0.3) is 0 Å². The van der Waals surface area contributed by atoms with Crippen molar-refractivity contribution in [1.29, 1.82) is 0 Å². The Morgan fingerprint density at radius 2 is 2.25 bits per heavy atom. The molecule has 1 aromatic carbocycles. The van der Waals surface area contributed by atoms with Gasteiger partial charge in [0, 0.05) is 23.6 Å². The van der Waals surface area contributed by atoms with E-state index < -0.39 is 0 Å². The van der Waals surface area contributed by atoms with Crippen molar-refractivity contribution in [3.8, 4) is 5.75 Å². The maximum atomic E-state index is 9.26. The van der Waals surface area contributed by atoms with Gasteiger partial charge in [-0.15, -0.1) is 0 Å². The minimum Gasteiger partial charge on any atom is -0.493 e. The van der Waals surface area contributed by atoms with Crippen LogP contribution < -0.4 is 10.5 Å². The summed E-state index contributed by atoms with van der Waals surface area (Å²) in [5.74, 6) is 0.916. The number of fused-ring (bicyclic) bond motifs is 1. The molecule has 0 fully saturated rings. The van der Waals surface area contributed by atoms with Gasteiger partial charge in [-0.05, 0) is 25.8 Å². The largest absolute Gasteiger partial charge is 0.493 e. The summed E-state index contributed by atoms with van der Waals surface area (Å²) >= 11 is 0. The zero-order valence-corrected chi connectivity index (χ0v) is 9.65. The van der Waals surface area contributed by atoms with Gasteiger partial charge >= 0.3 is 0 Å². The Labute approximate surface area is 96.2 Å². The Hall–Kier alpha value is -1.06. The lowest BCUT2D eigenvalue weighted by Gasteiger charge is -2.41. The van der Waals surface area contributed by atoms with Crippen LogP contribution in [-0.4, -0.2) is 24.4 Å². The molecule has 16 heavy (non-hydrogen) atoms. The van der Waals surface area contributed by atoms with Crippen LogP contribution in [0.4, 0.5) is 0 Å².